The van der Waals surface area contributed by atoms with Crippen molar-refractivity contribution < 1.29 is 9.53 Å². The van der Waals surface area contributed by atoms with Gasteiger partial charge in [-0.2, -0.15) is 0 Å². The molecule has 4 nitrogen and oxygen atoms in total. The Kier molecular flexibility index (Phi) is 4.52. The molecule has 17 heavy (non-hydrogen) atoms. The van der Waals surface area contributed by atoms with Crippen LogP contribution in [0, 0.1) is 0 Å². The van der Waals surface area contributed by atoms with Gasteiger partial charge in [0.15, 0.2) is 0 Å². The van der Waals surface area contributed by atoms with E-state index in [-0.39, 0.29) is 11.4 Å². The number of methoxy groups -OCH3 is 1. The van der Waals surface area contributed by atoms with Crippen molar-refractivity contribution in [3.05, 3.63) is 24.3 Å². The molecule has 0 saturated heterocycles. The van der Waals surface area contributed by atoms with Gasteiger partial charge < -0.3 is 15.4 Å². The molecule has 1 aromatic rings. The minimum absolute atomic E-state index is 0.0508. The molecule has 0 fully saturated rings. The average molecular weight is 236 g/mol. The van der Waals surface area contributed by atoms with Gasteiger partial charge in [-0.15, -0.1) is 0 Å². The summed E-state index contributed by atoms with van der Waals surface area (Å²) in [6.07, 6.45) is 0. The fourth-order valence-corrected chi connectivity index (χ4v) is 1.22. The lowest BCUT2D eigenvalue weighted by molar-refractivity contribution is -0.115. The minimum Gasteiger partial charge on any atom is -0.497 e. The molecule has 94 valence electrons. The van der Waals surface area contributed by atoms with Crippen LogP contribution in [-0.2, 0) is 4.79 Å². The third kappa shape index (κ3) is 5.36. The zero-order valence-electron chi connectivity index (χ0n) is 10.8. The summed E-state index contributed by atoms with van der Waals surface area (Å²) >= 11 is 0. The zero-order chi connectivity index (χ0) is 12.9. The molecule has 1 amide bonds. The van der Waals surface area contributed by atoms with E-state index in [1.54, 1.807) is 7.11 Å². The Morgan fingerprint density at radius 2 is 1.82 bits per heavy atom. The maximum atomic E-state index is 11.6. The number of anilines is 1. The molecule has 0 aliphatic carbocycles. The van der Waals surface area contributed by atoms with Gasteiger partial charge in [0.25, 0.3) is 0 Å². The second kappa shape index (κ2) is 5.68. The van der Waals surface area contributed by atoms with Gasteiger partial charge in [-0.1, -0.05) is 0 Å². The van der Waals surface area contributed by atoms with Crippen molar-refractivity contribution in [2.45, 2.75) is 26.3 Å². The number of rotatable bonds is 4. The van der Waals surface area contributed by atoms with Crippen LogP contribution in [-0.4, -0.2) is 25.1 Å². The molecule has 1 rings (SSSR count). The van der Waals surface area contributed by atoms with E-state index in [1.165, 1.54) is 0 Å². The maximum absolute atomic E-state index is 11.6. The van der Waals surface area contributed by atoms with E-state index in [2.05, 4.69) is 10.6 Å². The van der Waals surface area contributed by atoms with Gasteiger partial charge >= 0.3 is 0 Å². The first kappa shape index (κ1) is 13.5. The Bertz CT molecular complexity index is 366. The van der Waals surface area contributed by atoms with Crippen LogP contribution in [0.2, 0.25) is 0 Å². The number of carbonyl (C=O) groups excluding carboxylic acids is 1. The minimum atomic E-state index is -0.0583. The first-order valence-electron chi connectivity index (χ1n) is 5.59. The SMILES string of the molecule is COc1ccc(NC(=O)CNC(C)(C)C)cc1. The van der Waals surface area contributed by atoms with Gasteiger partial charge in [-0.05, 0) is 45.0 Å². The topological polar surface area (TPSA) is 50.4 Å². The van der Waals surface area contributed by atoms with Crippen molar-refractivity contribution in [1.29, 1.82) is 0 Å². The van der Waals surface area contributed by atoms with E-state index in [0.29, 0.717) is 6.54 Å². The Balaban J connectivity index is 2.45. The molecular formula is C13H20N2O2. The Morgan fingerprint density at radius 3 is 2.29 bits per heavy atom. The van der Waals surface area contributed by atoms with Crippen molar-refractivity contribution in [2.75, 3.05) is 19.0 Å². The fraction of sp³-hybridized carbons (Fsp3) is 0.462. The van der Waals surface area contributed by atoms with Crippen LogP contribution in [0.25, 0.3) is 0 Å². The van der Waals surface area contributed by atoms with Gasteiger partial charge in [-0.3, -0.25) is 4.79 Å². The van der Waals surface area contributed by atoms with Crippen LogP contribution in [0.1, 0.15) is 20.8 Å². The number of amides is 1. The highest BCUT2D eigenvalue weighted by Gasteiger charge is 2.11. The number of benzene rings is 1. The van der Waals surface area contributed by atoms with Gasteiger partial charge in [0, 0.05) is 11.2 Å². The standard InChI is InChI=1S/C13H20N2O2/c1-13(2,3)14-9-12(16)15-10-5-7-11(17-4)8-6-10/h5-8,14H,9H2,1-4H3,(H,15,16). The van der Waals surface area contributed by atoms with Gasteiger partial charge in [-0.25, -0.2) is 0 Å². The normalized spacial score (nSPS) is 11.1. The predicted molar refractivity (Wildman–Crippen MR) is 69.4 cm³/mol. The molecule has 0 atom stereocenters. The number of hydrogen-bond acceptors (Lipinski definition) is 3. The molecule has 0 saturated carbocycles. The highest BCUT2D eigenvalue weighted by molar-refractivity contribution is 5.92. The number of carbonyl (C=O) groups is 1. The molecule has 0 aliphatic heterocycles. The summed E-state index contributed by atoms with van der Waals surface area (Å²) in [5.41, 5.74) is 0.712. The van der Waals surface area contributed by atoms with E-state index in [0.717, 1.165) is 11.4 Å². The van der Waals surface area contributed by atoms with Crippen molar-refractivity contribution in [3.8, 4) is 5.75 Å². The Labute approximate surface area is 102 Å². The Hall–Kier alpha value is -1.55. The first-order valence-corrected chi connectivity index (χ1v) is 5.59. The van der Waals surface area contributed by atoms with Crippen LogP contribution in [0.5, 0.6) is 5.75 Å². The lowest BCUT2D eigenvalue weighted by Crippen LogP contribution is -2.41. The van der Waals surface area contributed by atoms with E-state index >= 15 is 0 Å². The van der Waals surface area contributed by atoms with Gasteiger partial charge in [0.2, 0.25) is 5.91 Å². The fourth-order valence-electron chi connectivity index (χ4n) is 1.22. The molecule has 0 radical (unpaired) electrons. The quantitative estimate of drug-likeness (QED) is 0.841. The van der Waals surface area contributed by atoms with Crippen molar-refractivity contribution in [3.63, 3.8) is 0 Å². The molecule has 0 aliphatic rings. The average Bonchev–Trinajstić information content (AvgIpc) is 2.27. The third-order valence-electron chi connectivity index (χ3n) is 2.15. The van der Waals surface area contributed by atoms with Crippen molar-refractivity contribution in [2.24, 2.45) is 0 Å². The summed E-state index contributed by atoms with van der Waals surface area (Å²) in [5, 5.41) is 5.94. The number of hydrogen-bond donors (Lipinski definition) is 2. The lowest BCUT2D eigenvalue weighted by atomic mass is 10.1. The summed E-state index contributed by atoms with van der Waals surface area (Å²) in [7, 11) is 1.61. The summed E-state index contributed by atoms with van der Waals surface area (Å²) in [5.74, 6) is 0.723. The molecule has 2 N–H and O–H groups in total. The highest BCUT2D eigenvalue weighted by atomic mass is 16.5. The van der Waals surface area contributed by atoms with E-state index in [1.807, 2.05) is 45.0 Å². The highest BCUT2D eigenvalue weighted by Crippen LogP contribution is 2.14. The molecule has 4 heteroatoms. The molecule has 0 bridgehead atoms. The first-order chi connectivity index (χ1) is 7.90. The summed E-state index contributed by atoms with van der Waals surface area (Å²) in [6.45, 7) is 6.37. The smallest absolute Gasteiger partial charge is 0.238 e. The summed E-state index contributed by atoms with van der Waals surface area (Å²) in [6, 6.07) is 7.25. The summed E-state index contributed by atoms with van der Waals surface area (Å²) in [4.78, 5) is 11.6. The molecule has 1 aromatic carbocycles. The predicted octanol–water partition coefficient (Wildman–Crippen LogP) is 2.02. The Morgan fingerprint density at radius 1 is 1.24 bits per heavy atom. The van der Waals surface area contributed by atoms with Gasteiger partial charge in [0.1, 0.15) is 5.75 Å². The van der Waals surface area contributed by atoms with Crippen molar-refractivity contribution in [1.82, 2.24) is 5.32 Å². The number of ether oxygens (including phenoxy) is 1. The van der Waals surface area contributed by atoms with E-state index in [4.69, 9.17) is 4.74 Å². The third-order valence-corrected chi connectivity index (χ3v) is 2.15. The van der Waals surface area contributed by atoms with Crippen LogP contribution in [0.4, 0.5) is 5.69 Å². The largest absolute Gasteiger partial charge is 0.497 e. The molecule has 0 unspecified atom stereocenters. The lowest BCUT2D eigenvalue weighted by Gasteiger charge is -2.20. The zero-order valence-corrected chi connectivity index (χ0v) is 10.8. The summed E-state index contributed by atoms with van der Waals surface area (Å²) < 4.78 is 5.04. The van der Waals surface area contributed by atoms with E-state index < -0.39 is 0 Å². The van der Waals surface area contributed by atoms with Crippen LogP contribution >= 0.6 is 0 Å². The van der Waals surface area contributed by atoms with Crippen LogP contribution < -0.4 is 15.4 Å². The van der Waals surface area contributed by atoms with Crippen LogP contribution in [0.15, 0.2) is 24.3 Å². The van der Waals surface area contributed by atoms with Crippen LogP contribution in [0.3, 0.4) is 0 Å². The second-order valence-corrected chi connectivity index (χ2v) is 4.88. The monoisotopic (exact) mass is 236 g/mol. The molecule has 0 aromatic heterocycles. The molecule has 0 heterocycles. The maximum Gasteiger partial charge on any atom is 0.238 e. The van der Waals surface area contributed by atoms with Crippen molar-refractivity contribution >= 4 is 11.6 Å². The molecular weight excluding hydrogens is 216 g/mol. The second-order valence-electron chi connectivity index (χ2n) is 4.88. The van der Waals surface area contributed by atoms with Gasteiger partial charge in [0.05, 0.1) is 13.7 Å². The van der Waals surface area contributed by atoms with E-state index in [9.17, 15) is 4.79 Å². The molecule has 0 spiro atoms. The number of nitrogens with one attached hydrogen (secondary N) is 2.